The number of ether oxygens (including phenoxy) is 1. The molecule has 16 heavy (non-hydrogen) atoms. The average molecular weight is 222 g/mol. The summed E-state index contributed by atoms with van der Waals surface area (Å²) in [5, 5.41) is 9.69. The monoisotopic (exact) mass is 222 g/mol. The number of hydrogen-bond acceptors (Lipinski definition) is 3. The Hall–Kier alpha value is -1.51. The highest BCUT2D eigenvalue weighted by atomic mass is 16.5. The number of carbonyl (C=O) groups excluding carboxylic acids is 1. The van der Waals surface area contributed by atoms with Crippen LogP contribution in [0.3, 0.4) is 0 Å². The Morgan fingerprint density at radius 2 is 2.06 bits per heavy atom. The zero-order chi connectivity index (χ0) is 12.0. The van der Waals surface area contributed by atoms with Crippen molar-refractivity contribution in [1.82, 2.24) is 0 Å². The molecular formula is C13H18O3. The molecule has 3 heteroatoms. The van der Waals surface area contributed by atoms with E-state index in [-0.39, 0.29) is 11.7 Å². The van der Waals surface area contributed by atoms with E-state index in [0.717, 1.165) is 12.8 Å². The van der Waals surface area contributed by atoms with Gasteiger partial charge in [0.15, 0.2) is 0 Å². The number of phenolic OH excluding ortho intramolecular Hbond substituents is 1. The van der Waals surface area contributed by atoms with Gasteiger partial charge in [0.25, 0.3) is 0 Å². The van der Waals surface area contributed by atoms with Gasteiger partial charge in [-0.15, -0.1) is 0 Å². The van der Waals surface area contributed by atoms with E-state index in [1.807, 2.05) is 13.8 Å². The van der Waals surface area contributed by atoms with Crippen molar-refractivity contribution in [3.8, 4) is 5.75 Å². The van der Waals surface area contributed by atoms with E-state index in [1.165, 1.54) is 0 Å². The van der Waals surface area contributed by atoms with E-state index >= 15 is 0 Å². The van der Waals surface area contributed by atoms with Gasteiger partial charge in [0, 0.05) is 5.56 Å². The van der Waals surface area contributed by atoms with Gasteiger partial charge >= 0.3 is 5.97 Å². The molecule has 0 spiro atoms. The number of hydrogen-bond donors (Lipinski definition) is 1. The molecule has 3 nitrogen and oxygen atoms in total. The van der Waals surface area contributed by atoms with Crippen molar-refractivity contribution in [3.63, 3.8) is 0 Å². The summed E-state index contributed by atoms with van der Waals surface area (Å²) in [4.78, 5) is 11.7. The Morgan fingerprint density at radius 3 is 2.69 bits per heavy atom. The Labute approximate surface area is 96.1 Å². The Balaban J connectivity index is 2.93. The van der Waals surface area contributed by atoms with Gasteiger partial charge in [-0.05, 0) is 25.0 Å². The van der Waals surface area contributed by atoms with Crippen LogP contribution in [-0.2, 0) is 11.2 Å². The predicted octanol–water partition coefficient (Wildman–Crippen LogP) is 2.91. The third kappa shape index (κ3) is 2.99. The molecule has 1 N–H and O–H groups in total. The van der Waals surface area contributed by atoms with Crippen LogP contribution < -0.4 is 0 Å². The molecule has 0 unspecified atom stereocenters. The normalized spacial score (nSPS) is 10.1. The second-order valence-corrected chi connectivity index (χ2v) is 3.69. The number of esters is 1. The topological polar surface area (TPSA) is 46.5 Å². The predicted molar refractivity (Wildman–Crippen MR) is 62.7 cm³/mol. The highest BCUT2D eigenvalue weighted by molar-refractivity contribution is 5.91. The summed E-state index contributed by atoms with van der Waals surface area (Å²) in [5.74, 6) is -0.172. The van der Waals surface area contributed by atoms with Crippen LogP contribution in [0.4, 0.5) is 0 Å². The van der Waals surface area contributed by atoms with E-state index in [9.17, 15) is 9.90 Å². The third-order valence-corrected chi connectivity index (χ3v) is 2.31. The lowest BCUT2D eigenvalue weighted by molar-refractivity contribution is 0.0503. The molecule has 0 heterocycles. The van der Waals surface area contributed by atoms with Gasteiger partial charge in [-0.25, -0.2) is 4.79 Å². The zero-order valence-corrected chi connectivity index (χ0v) is 9.82. The molecule has 0 radical (unpaired) electrons. The molecule has 0 saturated carbocycles. The lowest BCUT2D eigenvalue weighted by Gasteiger charge is -2.10. The fraction of sp³-hybridized carbons (Fsp3) is 0.462. The lowest BCUT2D eigenvalue weighted by Crippen LogP contribution is -2.09. The summed E-state index contributed by atoms with van der Waals surface area (Å²) < 4.78 is 5.07. The van der Waals surface area contributed by atoms with Gasteiger partial charge in [0.1, 0.15) is 5.75 Å². The molecule has 1 aromatic carbocycles. The standard InChI is InChI=1S/C13H18O3/c1-3-6-10-11(7-5-8-12(10)14)13(15)16-9-4-2/h5,7-8,14H,3-4,6,9H2,1-2H3. The highest BCUT2D eigenvalue weighted by Gasteiger charge is 2.14. The molecule has 0 atom stereocenters. The zero-order valence-electron chi connectivity index (χ0n) is 9.82. The maximum Gasteiger partial charge on any atom is 0.338 e. The van der Waals surface area contributed by atoms with Crippen molar-refractivity contribution >= 4 is 5.97 Å². The smallest absolute Gasteiger partial charge is 0.338 e. The molecule has 1 rings (SSSR count). The largest absolute Gasteiger partial charge is 0.508 e. The SMILES string of the molecule is CCCOC(=O)c1cccc(O)c1CCC. The average Bonchev–Trinajstić information content (AvgIpc) is 2.29. The van der Waals surface area contributed by atoms with Gasteiger partial charge in [0.05, 0.1) is 12.2 Å². The number of aromatic hydroxyl groups is 1. The Morgan fingerprint density at radius 1 is 1.31 bits per heavy atom. The molecule has 0 amide bonds. The molecule has 1 aromatic rings. The van der Waals surface area contributed by atoms with Crippen molar-refractivity contribution in [2.24, 2.45) is 0 Å². The first-order valence-corrected chi connectivity index (χ1v) is 5.68. The summed E-state index contributed by atoms with van der Waals surface area (Å²) in [5.41, 5.74) is 1.17. The number of benzene rings is 1. The van der Waals surface area contributed by atoms with Gasteiger partial charge in [-0.3, -0.25) is 0 Å². The first-order valence-electron chi connectivity index (χ1n) is 5.68. The van der Waals surface area contributed by atoms with Crippen LogP contribution >= 0.6 is 0 Å². The lowest BCUT2D eigenvalue weighted by atomic mass is 10.0. The molecule has 0 fully saturated rings. The first kappa shape index (κ1) is 12.6. The van der Waals surface area contributed by atoms with Gasteiger partial charge < -0.3 is 9.84 Å². The van der Waals surface area contributed by atoms with Gasteiger partial charge in [-0.1, -0.05) is 26.3 Å². The maximum absolute atomic E-state index is 11.7. The maximum atomic E-state index is 11.7. The van der Waals surface area contributed by atoms with E-state index < -0.39 is 0 Å². The van der Waals surface area contributed by atoms with E-state index in [4.69, 9.17) is 4.74 Å². The van der Waals surface area contributed by atoms with Crippen molar-refractivity contribution in [2.45, 2.75) is 33.1 Å². The van der Waals surface area contributed by atoms with Crippen LogP contribution in [0.2, 0.25) is 0 Å². The van der Waals surface area contributed by atoms with Crippen LogP contribution in [0.25, 0.3) is 0 Å². The van der Waals surface area contributed by atoms with Crippen LogP contribution in [0.15, 0.2) is 18.2 Å². The van der Waals surface area contributed by atoms with Crippen molar-refractivity contribution in [2.75, 3.05) is 6.61 Å². The Bertz CT molecular complexity index is 358. The highest BCUT2D eigenvalue weighted by Crippen LogP contribution is 2.23. The van der Waals surface area contributed by atoms with Crippen molar-refractivity contribution in [3.05, 3.63) is 29.3 Å². The fourth-order valence-corrected chi connectivity index (χ4v) is 1.55. The van der Waals surface area contributed by atoms with Crippen molar-refractivity contribution in [1.29, 1.82) is 0 Å². The van der Waals surface area contributed by atoms with Crippen LogP contribution in [0.5, 0.6) is 5.75 Å². The van der Waals surface area contributed by atoms with Crippen molar-refractivity contribution < 1.29 is 14.6 Å². The van der Waals surface area contributed by atoms with Crippen LogP contribution in [0.1, 0.15) is 42.6 Å². The minimum atomic E-state index is -0.346. The van der Waals surface area contributed by atoms with E-state index in [2.05, 4.69) is 0 Å². The van der Waals surface area contributed by atoms with Gasteiger partial charge in [-0.2, -0.15) is 0 Å². The van der Waals surface area contributed by atoms with E-state index in [0.29, 0.717) is 24.2 Å². The van der Waals surface area contributed by atoms with E-state index in [1.54, 1.807) is 18.2 Å². The second-order valence-electron chi connectivity index (χ2n) is 3.69. The molecule has 0 bridgehead atoms. The molecule has 0 aliphatic rings. The first-order chi connectivity index (χ1) is 7.70. The molecule has 88 valence electrons. The van der Waals surface area contributed by atoms with Gasteiger partial charge in [0.2, 0.25) is 0 Å². The number of rotatable bonds is 5. The van der Waals surface area contributed by atoms with Crippen LogP contribution in [0, 0.1) is 0 Å². The minimum Gasteiger partial charge on any atom is -0.508 e. The Kier molecular flexibility index (Phi) is 4.83. The minimum absolute atomic E-state index is 0.174. The summed E-state index contributed by atoms with van der Waals surface area (Å²) in [6.45, 7) is 4.37. The second kappa shape index (κ2) is 6.16. The number of phenols is 1. The summed E-state index contributed by atoms with van der Waals surface area (Å²) in [6, 6.07) is 4.96. The summed E-state index contributed by atoms with van der Waals surface area (Å²) in [7, 11) is 0. The molecule has 0 aliphatic carbocycles. The molecule has 0 aliphatic heterocycles. The number of carbonyl (C=O) groups is 1. The molecular weight excluding hydrogens is 204 g/mol. The van der Waals surface area contributed by atoms with Crippen LogP contribution in [-0.4, -0.2) is 17.7 Å². The summed E-state index contributed by atoms with van der Waals surface area (Å²) in [6.07, 6.45) is 2.36. The molecule has 0 saturated heterocycles. The summed E-state index contributed by atoms with van der Waals surface area (Å²) >= 11 is 0. The quantitative estimate of drug-likeness (QED) is 0.779. The fourth-order valence-electron chi connectivity index (χ4n) is 1.55. The third-order valence-electron chi connectivity index (χ3n) is 2.31. The molecule has 0 aromatic heterocycles.